The van der Waals surface area contributed by atoms with Crippen molar-refractivity contribution >= 4 is 29.2 Å². The molecule has 2 aromatic carbocycles. The molecule has 1 unspecified atom stereocenters. The number of amides is 1. The van der Waals surface area contributed by atoms with E-state index in [0.29, 0.717) is 5.56 Å². The Kier molecular flexibility index (Phi) is 7.70. The van der Waals surface area contributed by atoms with Crippen molar-refractivity contribution < 1.29 is 39.1 Å². The number of benzene rings is 2. The zero-order chi connectivity index (χ0) is 23.4. The Hall–Kier alpha value is -2.69. The number of hydrogen-bond donors (Lipinski definition) is 4. The summed E-state index contributed by atoms with van der Waals surface area (Å²) in [5.74, 6) is -1.04. The number of halogens is 1. The number of ether oxygens (including phenoxy) is 3. The second kappa shape index (κ2) is 10.3. The fourth-order valence-electron chi connectivity index (χ4n) is 3.27. The Morgan fingerprint density at radius 3 is 2.41 bits per heavy atom. The van der Waals surface area contributed by atoms with Crippen LogP contribution >= 0.6 is 11.6 Å². The van der Waals surface area contributed by atoms with E-state index in [1.807, 2.05) is 0 Å². The highest BCUT2D eigenvalue weighted by molar-refractivity contribution is 6.34. The normalized spacial score (nSPS) is 25.1. The van der Waals surface area contributed by atoms with Crippen molar-refractivity contribution in [1.29, 1.82) is 0 Å². The van der Waals surface area contributed by atoms with Crippen LogP contribution in [0, 0.1) is 0 Å². The van der Waals surface area contributed by atoms with E-state index >= 15 is 0 Å². The minimum absolute atomic E-state index is 0.0449. The zero-order valence-corrected chi connectivity index (χ0v) is 18.2. The average Bonchev–Trinajstić information content (AvgIpc) is 2.80. The predicted molar refractivity (Wildman–Crippen MR) is 115 cm³/mol. The van der Waals surface area contributed by atoms with E-state index in [1.54, 1.807) is 30.3 Å². The molecular formula is C22H24ClNO8. The maximum Gasteiger partial charge on any atom is 0.338 e. The first-order chi connectivity index (χ1) is 15.2. The van der Waals surface area contributed by atoms with Crippen molar-refractivity contribution in [1.82, 2.24) is 0 Å². The molecular weight excluding hydrogens is 442 g/mol. The standard InChI is InChI=1S/C22H24ClNO8/c1-11-18(25)20(27)19(26)16(32-11)10-31-22(29)13-8-14(23)17(15(9-13)30-2)24-21(28)12-6-4-3-5-7-12/h3-9,11,16,18-20,25-27H,10H2,1-2H3,(H,24,28)/t11?,16-,18+,19+,20-/m1/s1. The third-order valence-corrected chi connectivity index (χ3v) is 5.41. The van der Waals surface area contributed by atoms with Crippen molar-refractivity contribution in [3.63, 3.8) is 0 Å². The van der Waals surface area contributed by atoms with Gasteiger partial charge in [-0.15, -0.1) is 0 Å². The average molecular weight is 466 g/mol. The van der Waals surface area contributed by atoms with Gasteiger partial charge in [0.2, 0.25) is 0 Å². The van der Waals surface area contributed by atoms with Crippen molar-refractivity contribution in [3.05, 3.63) is 58.6 Å². The van der Waals surface area contributed by atoms with Gasteiger partial charge < -0.3 is 34.8 Å². The molecule has 32 heavy (non-hydrogen) atoms. The predicted octanol–water partition coefficient (Wildman–Crippen LogP) is 1.63. The molecule has 9 nitrogen and oxygen atoms in total. The highest BCUT2D eigenvalue weighted by atomic mass is 35.5. The van der Waals surface area contributed by atoms with Crippen molar-refractivity contribution in [2.24, 2.45) is 0 Å². The first kappa shape index (κ1) is 24.0. The van der Waals surface area contributed by atoms with Crippen LogP contribution in [0.15, 0.2) is 42.5 Å². The molecule has 0 bridgehead atoms. The summed E-state index contributed by atoms with van der Waals surface area (Å²) >= 11 is 6.29. The van der Waals surface area contributed by atoms with E-state index in [1.165, 1.54) is 26.2 Å². The number of rotatable bonds is 6. The van der Waals surface area contributed by atoms with Crippen LogP contribution in [0.1, 0.15) is 27.6 Å². The van der Waals surface area contributed by atoms with E-state index in [9.17, 15) is 24.9 Å². The molecule has 10 heteroatoms. The number of methoxy groups -OCH3 is 1. The van der Waals surface area contributed by atoms with Gasteiger partial charge in [-0.25, -0.2) is 4.79 Å². The van der Waals surface area contributed by atoms with Gasteiger partial charge in [-0.3, -0.25) is 4.79 Å². The maximum atomic E-state index is 12.5. The first-order valence-corrected chi connectivity index (χ1v) is 10.2. The number of carbonyl (C=O) groups excluding carboxylic acids is 2. The summed E-state index contributed by atoms with van der Waals surface area (Å²) in [7, 11) is 1.36. The molecule has 5 atom stereocenters. The largest absolute Gasteiger partial charge is 0.494 e. The second-order valence-corrected chi connectivity index (χ2v) is 7.71. The van der Waals surface area contributed by atoms with Gasteiger partial charge in [-0.1, -0.05) is 29.8 Å². The lowest BCUT2D eigenvalue weighted by Crippen LogP contribution is -2.57. The zero-order valence-electron chi connectivity index (χ0n) is 17.4. The van der Waals surface area contributed by atoms with Crippen molar-refractivity contribution in [3.8, 4) is 5.75 Å². The summed E-state index contributed by atoms with van der Waals surface area (Å²) in [5.41, 5.74) is 0.654. The molecule has 1 amide bonds. The molecule has 0 saturated carbocycles. The van der Waals surface area contributed by atoms with Gasteiger partial charge in [0.25, 0.3) is 5.91 Å². The van der Waals surface area contributed by atoms with Crippen molar-refractivity contribution in [2.45, 2.75) is 37.4 Å². The smallest absolute Gasteiger partial charge is 0.338 e. The Morgan fingerprint density at radius 2 is 1.75 bits per heavy atom. The SMILES string of the molecule is COc1cc(C(=O)OC[C@H]2OC(C)[C@H](O)[C@@H](O)[C@H]2O)cc(Cl)c1NC(=O)c1ccccc1. The first-order valence-electron chi connectivity index (χ1n) is 9.83. The van der Waals surface area contributed by atoms with Crippen LogP contribution in [0.2, 0.25) is 5.02 Å². The number of carbonyl (C=O) groups is 2. The molecule has 0 aliphatic carbocycles. The Morgan fingerprint density at radius 1 is 1.06 bits per heavy atom. The fourth-order valence-corrected chi connectivity index (χ4v) is 3.53. The second-order valence-electron chi connectivity index (χ2n) is 7.31. The van der Waals surface area contributed by atoms with E-state index in [-0.39, 0.29) is 28.6 Å². The van der Waals surface area contributed by atoms with E-state index in [2.05, 4.69) is 5.32 Å². The van der Waals surface area contributed by atoms with Gasteiger partial charge in [0.1, 0.15) is 42.5 Å². The van der Waals surface area contributed by atoms with Gasteiger partial charge in [0.15, 0.2) is 0 Å². The molecule has 1 aliphatic heterocycles. The molecule has 0 aromatic heterocycles. The lowest BCUT2D eigenvalue weighted by atomic mass is 9.96. The van der Waals surface area contributed by atoms with Gasteiger partial charge in [-0.05, 0) is 31.2 Å². The van der Waals surface area contributed by atoms with E-state index in [4.69, 9.17) is 25.8 Å². The molecule has 1 saturated heterocycles. The summed E-state index contributed by atoms with van der Waals surface area (Å²) in [6, 6.07) is 11.2. The minimum Gasteiger partial charge on any atom is -0.494 e. The molecule has 1 fully saturated rings. The maximum absolute atomic E-state index is 12.5. The summed E-state index contributed by atoms with van der Waals surface area (Å²) < 4.78 is 15.9. The number of aliphatic hydroxyl groups is 3. The number of nitrogens with one attached hydrogen (secondary N) is 1. The monoisotopic (exact) mass is 465 g/mol. The number of aliphatic hydroxyl groups excluding tert-OH is 3. The Balaban J connectivity index is 1.71. The van der Waals surface area contributed by atoms with Gasteiger partial charge in [0.05, 0.1) is 23.8 Å². The lowest BCUT2D eigenvalue weighted by molar-refractivity contribution is -0.224. The molecule has 0 spiro atoms. The third-order valence-electron chi connectivity index (χ3n) is 5.11. The number of hydrogen-bond acceptors (Lipinski definition) is 8. The molecule has 2 aromatic rings. The van der Waals surface area contributed by atoms with Gasteiger partial charge in [-0.2, -0.15) is 0 Å². The van der Waals surface area contributed by atoms with Crippen LogP contribution in [0.25, 0.3) is 0 Å². The van der Waals surface area contributed by atoms with Crippen LogP contribution in [0.4, 0.5) is 5.69 Å². The molecule has 1 aliphatic rings. The molecule has 0 radical (unpaired) electrons. The number of esters is 1. The highest BCUT2D eigenvalue weighted by Gasteiger charge is 2.42. The molecule has 4 N–H and O–H groups in total. The minimum atomic E-state index is -1.43. The third kappa shape index (κ3) is 5.20. The van der Waals surface area contributed by atoms with Crippen LogP contribution in [-0.2, 0) is 9.47 Å². The molecule has 1 heterocycles. The molecule has 3 rings (SSSR count). The topological polar surface area (TPSA) is 135 Å². The number of anilines is 1. The quantitative estimate of drug-likeness (QED) is 0.473. The van der Waals surface area contributed by atoms with Crippen LogP contribution in [0.3, 0.4) is 0 Å². The van der Waals surface area contributed by atoms with Crippen LogP contribution in [0.5, 0.6) is 5.75 Å². The van der Waals surface area contributed by atoms with Gasteiger partial charge >= 0.3 is 5.97 Å². The molecule has 172 valence electrons. The summed E-state index contributed by atoms with van der Waals surface area (Å²) in [5, 5.41) is 32.4. The van der Waals surface area contributed by atoms with Crippen LogP contribution in [-0.4, -0.2) is 71.4 Å². The Labute approximate surface area is 189 Å². The van der Waals surface area contributed by atoms with E-state index < -0.39 is 42.4 Å². The summed E-state index contributed by atoms with van der Waals surface area (Å²) in [6.07, 6.45) is -5.88. The summed E-state index contributed by atoms with van der Waals surface area (Å²) in [6.45, 7) is 1.17. The highest BCUT2D eigenvalue weighted by Crippen LogP contribution is 2.35. The van der Waals surface area contributed by atoms with E-state index in [0.717, 1.165) is 0 Å². The lowest BCUT2D eigenvalue weighted by Gasteiger charge is -2.38. The fraction of sp³-hybridized carbons (Fsp3) is 0.364. The van der Waals surface area contributed by atoms with Crippen LogP contribution < -0.4 is 10.1 Å². The summed E-state index contributed by atoms with van der Waals surface area (Å²) in [4.78, 5) is 25.0. The van der Waals surface area contributed by atoms with Crippen molar-refractivity contribution in [2.75, 3.05) is 19.0 Å². The Bertz CT molecular complexity index is 970. The van der Waals surface area contributed by atoms with Gasteiger partial charge in [0, 0.05) is 5.56 Å².